The highest BCUT2D eigenvalue weighted by molar-refractivity contribution is 5.89. The standard InChI is InChI=1S/C21H24N2O4/c24-20-12-17(13-23(20)14-19-5-2-9-26-19)21(25)22-8-10-27-18-7-6-15-3-1-4-16(15)11-18/h2,5-7,9,11,17H,1,3-4,8,10,12-14H2,(H,22,25)/t17-/m1/s1. The molecule has 0 unspecified atom stereocenters. The molecule has 6 nitrogen and oxygen atoms in total. The van der Waals surface area contributed by atoms with E-state index in [2.05, 4.69) is 17.4 Å². The first kappa shape index (κ1) is 17.6. The molecule has 1 atom stereocenters. The Morgan fingerprint density at radius 2 is 2.15 bits per heavy atom. The molecule has 142 valence electrons. The first-order valence-electron chi connectivity index (χ1n) is 9.51. The monoisotopic (exact) mass is 368 g/mol. The smallest absolute Gasteiger partial charge is 0.225 e. The molecule has 0 spiro atoms. The molecule has 2 aromatic rings. The van der Waals surface area contributed by atoms with Crippen LogP contribution < -0.4 is 10.1 Å². The first-order chi connectivity index (χ1) is 13.2. The number of amides is 2. The number of hydrogen-bond acceptors (Lipinski definition) is 4. The summed E-state index contributed by atoms with van der Waals surface area (Å²) < 4.78 is 11.0. The molecule has 1 aliphatic heterocycles. The first-order valence-corrected chi connectivity index (χ1v) is 9.51. The minimum atomic E-state index is -0.313. The summed E-state index contributed by atoms with van der Waals surface area (Å²) in [7, 11) is 0. The molecule has 0 radical (unpaired) electrons. The Hall–Kier alpha value is -2.76. The van der Waals surface area contributed by atoms with Gasteiger partial charge in [-0.3, -0.25) is 9.59 Å². The number of rotatable bonds is 7. The van der Waals surface area contributed by atoms with Crippen LogP contribution in [0.5, 0.6) is 5.75 Å². The zero-order chi connectivity index (χ0) is 18.6. The maximum Gasteiger partial charge on any atom is 0.225 e. The third-order valence-electron chi connectivity index (χ3n) is 5.25. The topological polar surface area (TPSA) is 71.8 Å². The van der Waals surface area contributed by atoms with Crippen LogP contribution in [0.25, 0.3) is 0 Å². The van der Waals surface area contributed by atoms with E-state index in [4.69, 9.17) is 9.15 Å². The van der Waals surface area contributed by atoms with E-state index in [-0.39, 0.29) is 24.2 Å². The van der Waals surface area contributed by atoms with Crippen molar-refractivity contribution in [3.63, 3.8) is 0 Å². The highest BCUT2D eigenvalue weighted by atomic mass is 16.5. The summed E-state index contributed by atoms with van der Waals surface area (Å²) in [5.41, 5.74) is 2.79. The Kier molecular flexibility index (Phi) is 5.14. The van der Waals surface area contributed by atoms with Crippen LogP contribution >= 0.6 is 0 Å². The Morgan fingerprint density at radius 1 is 1.26 bits per heavy atom. The van der Waals surface area contributed by atoms with Crippen molar-refractivity contribution in [1.29, 1.82) is 0 Å². The second-order valence-electron chi connectivity index (χ2n) is 7.18. The van der Waals surface area contributed by atoms with E-state index in [0.29, 0.717) is 26.2 Å². The average molecular weight is 368 g/mol. The van der Waals surface area contributed by atoms with Crippen LogP contribution in [-0.2, 0) is 29.0 Å². The maximum absolute atomic E-state index is 12.3. The zero-order valence-electron chi connectivity index (χ0n) is 15.3. The number of fused-ring (bicyclic) bond motifs is 1. The van der Waals surface area contributed by atoms with Crippen molar-refractivity contribution >= 4 is 11.8 Å². The van der Waals surface area contributed by atoms with Gasteiger partial charge in [-0.1, -0.05) is 6.07 Å². The van der Waals surface area contributed by atoms with Crippen LogP contribution in [0, 0.1) is 5.92 Å². The molecule has 1 aliphatic carbocycles. The Labute approximate surface area is 158 Å². The SMILES string of the molecule is O=C(NCCOc1ccc2c(c1)CCC2)[C@@H]1CC(=O)N(Cc2ccco2)C1. The van der Waals surface area contributed by atoms with Crippen molar-refractivity contribution in [2.75, 3.05) is 19.7 Å². The Balaban J connectivity index is 1.20. The van der Waals surface area contributed by atoms with Gasteiger partial charge in [0.1, 0.15) is 18.1 Å². The molecule has 2 aliphatic rings. The predicted octanol–water partition coefficient (Wildman–Crippen LogP) is 2.31. The third kappa shape index (κ3) is 4.15. The van der Waals surface area contributed by atoms with Gasteiger partial charge in [0.15, 0.2) is 0 Å². The van der Waals surface area contributed by atoms with Crippen LogP contribution in [0.3, 0.4) is 0 Å². The normalized spacial score (nSPS) is 18.6. The number of nitrogens with zero attached hydrogens (tertiary/aromatic N) is 1. The summed E-state index contributed by atoms with van der Waals surface area (Å²) in [6.07, 6.45) is 5.32. The molecule has 0 bridgehead atoms. The fourth-order valence-electron chi connectivity index (χ4n) is 3.82. The molecule has 4 rings (SSSR count). The maximum atomic E-state index is 12.3. The largest absolute Gasteiger partial charge is 0.492 e. The van der Waals surface area contributed by atoms with Gasteiger partial charge in [0, 0.05) is 13.0 Å². The summed E-state index contributed by atoms with van der Waals surface area (Å²) >= 11 is 0. The van der Waals surface area contributed by atoms with Crippen molar-refractivity contribution in [2.24, 2.45) is 5.92 Å². The molecular formula is C21H24N2O4. The van der Waals surface area contributed by atoms with Gasteiger partial charge < -0.3 is 19.4 Å². The van der Waals surface area contributed by atoms with Crippen LogP contribution in [0.2, 0.25) is 0 Å². The minimum Gasteiger partial charge on any atom is -0.492 e. The number of benzene rings is 1. The third-order valence-corrected chi connectivity index (χ3v) is 5.25. The Morgan fingerprint density at radius 3 is 3.00 bits per heavy atom. The summed E-state index contributed by atoms with van der Waals surface area (Å²) in [5, 5.41) is 2.88. The molecule has 27 heavy (non-hydrogen) atoms. The fraction of sp³-hybridized carbons (Fsp3) is 0.429. The van der Waals surface area contributed by atoms with E-state index in [1.165, 1.54) is 17.5 Å². The second-order valence-corrected chi connectivity index (χ2v) is 7.18. The van der Waals surface area contributed by atoms with Crippen molar-refractivity contribution in [3.8, 4) is 5.75 Å². The molecule has 1 aromatic heterocycles. The highest BCUT2D eigenvalue weighted by Gasteiger charge is 2.34. The molecule has 1 aromatic carbocycles. The molecule has 1 N–H and O–H groups in total. The van der Waals surface area contributed by atoms with E-state index in [9.17, 15) is 9.59 Å². The van der Waals surface area contributed by atoms with Gasteiger partial charge in [0.05, 0.1) is 25.3 Å². The van der Waals surface area contributed by atoms with Crippen LogP contribution in [0.4, 0.5) is 0 Å². The molecular weight excluding hydrogens is 344 g/mol. The number of aryl methyl sites for hydroxylation is 2. The van der Waals surface area contributed by atoms with E-state index in [1.54, 1.807) is 17.2 Å². The predicted molar refractivity (Wildman–Crippen MR) is 99.2 cm³/mol. The van der Waals surface area contributed by atoms with Gasteiger partial charge in [0.2, 0.25) is 11.8 Å². The molecule has 6 heteroatoms. The van der Waals surface area contributed by atoms with Crippen molar-refractivity contribution in [1.82, 2.24) is 10.2 Å². The number of carbonyl (C=O) groups excluding carboxylic acids is 2. The Bertz CT molecular complexity index is 816. The fourth-order valence-corrected chi connectivity index (χ4v) is 3.82. The number of nitrogens with one attached hydrogen (secondary N) is 1. The van der Waals surface area contributed by atoms with E-state index in [1.807, 2.05) is 12.1 Å². The van der Waals surface area contributed by atoms with Crippen molar-refractivity contribution in [3.05, 3.63) is 53.5 Å². The van der Waals surface area contributed by atoms with Crippen LogP contribution in [0.1, 0.15) is 29.7 Å². The quantitative estimate of drug-likeness (QED) is 0.762. The van der Waals surface area contributed by atoms with Gasteiger partial charge in [-0.15, -0.1) is 0 Å². The summed E-state index contributed by atoms with van der Waals surface area (Å²) in [6.45, 7) is 1.69. The number of furan rings is 1. The molecule has 2 amide bonds. The lowest BCUT2D eigenvalue weighted by molar-refractivity contribution is -0.129. The molecule has 0 saturated carbocycles. The number of ether oxygens (including phenoxy) is 1. The van der Waals surface area contributed by atoms with E-state index >= 15 is 0 Å². The second kappa shape index (κ2) is 7.86. The van der Waals surface area contributed by atoms with Gasteiger partial charge in [0.25, 0.3) is 0 Å². The van der Waals surface area contributed by atoms with Gasteiger partial charge >= 0.3 is 0 Å². The molecule has 1 fully saturated rings. The van der Waals surface area contributed by atoms with Crippen molar-refractivity contribution in [2.45, 2.75) is 32.2 Å². The van der Waals surface area contributed by atoms with E-state index in [0.717, 1.165) is 24.4 Å². The van der Waals surface area contributed by atoms with E-state index < -0.39 is 0 Å². The average Bonchev–Trinajstić information content (AvgIpc) is 3.40. The van der Waals surface area contributed by atoms with Crippen LogP contribution in [-0.4, -0.2) is 36.4 Å². The number of hydrogen-bond donors (Lipinski definition) is 1. The number of likely N-dealkylation sites (tertiary alicyclic amines) is 1. The zero-order valence-corrected chi connectivity index (χ0v) is 15.3. The van der Waals surface area contributed by atoms with Crippen LogP contribution in [0.15, 0.2) is 41.0 Å². The van der Waals surface area contributed by atoms with Crippen molar-refractivity contribution < 1.29 is 18.7 Å². The van der Waals surface area contributed by atoms with Gasteiger partial charge in [-0.25, -0.2) is 0 Å². The van der Waals surface area contributed by atoms with Gasteiger partial charge in [-0.05, 0) is 54.7 Å². The summed E-state index contributed by atoms with van der Waals surface area (Å²) in [6, 6.07) is 9.85. The highest BCUT2D eigenvalue weighted by Crippen LogP contribution is 2.26. The molecule has 2 heterocycles. The minimum absolute atomic E-state index is 0.0130. The lowest BCUT2D eigenvalue weighted by atomic mass is 10.1. The summed E-state index contributed by atoms with van der Waals surface area (Å²) in [4.78, 5) is 26.1. The lowest BCUT2D eigenvalue weighted by Gasteiger charge is -2.15. The van der Waals surface area contributed by atoms with Gasteiger partial charge in [-0.2, -0.15) is 0 Å². The molecule has 1 saturated heterocycles. The number of carbonyl (C=O) groups is 2. The summed E-state index contributed by atoms with van der Waals surface area (Å²) in [5.74, 6) is 1.16. The lowest BCUT2D eigenvalue weighted by Crippen LogP contribution is -2.35.